The third-order valence-electron chi connectivity index (χ3n) is 3.30. The van der Waals surface area contributed by atoms with E-state index in [-0.39, 0.29) is 24.5 Å². The number of aromatic nitrogens is 2. The number of benzene rings is 1. The van der Waals surface area contributed by atoms with Gasteiger partial charge in [0.25, 0.3) is 11.8 Å². The lowest BCUT2D eigenvalue weighted by Crippen LogP contribution is -2.35. The van der Waals surface area contributed by atoms with Gasteiger partial charge in [-0.3, -0.25) is 9.59 Å². The molecule has 0 saturated carbocycles. The Bertz CT molecular complexity index is 697. The van der Waals surface area contributed by atoms with Gasteiger partial charge in [0.1, 0.15) is 5.75 Å². The Balaban J connectivity index is 1.66. The number of rotatable bonds is 4. The highest BCUT2D eigenvalue weighted by Crippen LogP contribution is 2.28. The van der Waals surface area contributed by atoms with Gasteiger partial charge in [0.15, 0.2) is 6.61 Å². The minimum atomic E-state index is -0.196. The lowest BCUT2D eigenvalue weighted by molar-refractivity contribution is -0.118. The lowest BCUT2D eigenvalue weighted by atomic mass is 10.1. The second kappa shape index (κ2) is 5.88. The van der Waals surface area contributed by atoms with E-state index in [1.54, 1.807) is 30.7 Å². The van der Waals surface area contributed by atoms with Crippen LogP contribution in [0.1, 0.15) is 17.3 Å². The molecule has 114 valence electrons. The molecule has 2 aromatic rings. The zero-order valence-corrected chi connectivity index (χ0v) is 12.1. The van der Waals surface area contributed by atoms with Crippen molar-refractivity contribution in [1.82, 2.24) is 14.9 Å². The molecule has 0 saturated heterocycles. The summed E-state index contributed by atoms with van der Waals surface area (Å²) in [6, 6.07) is 4.92. The van der Waals surface area contributed by atoms with Gasteiger partial charge >= 0.3 is 0 Å². The molecule has 1 aliphatic rings. The molecule has 2 heterocycles. The van der Waals surface area contributed by atoms with Crippen LogP contribution in [-0.4, -0.2) is 34.0 Å². The van der Waals surface area contributed by atoms with Gasteiger partial charge in [0.05, 0.1) is 12.0 Å². The highest BCUT2D eigenvalue weighted by Gasteiger charge is 2.18. The first-order chi connectivity index (χ1) is 10.6. The number of fused-ring (bicyclic) bond motifs is 1. The summed E-state index contributed by atoms with van der Waals surface area (Å²) in [4.78, 5) is 27.4. The van der Waals surface area contributed by atoms with Crippen molar-refractivity contribution in [1.29, 1.82) is 0 Å². The zero-order valence-electron chi connectivity index (χ0n) is 12.1. The largest absolute Gasteiger partial charge is 0.482 e. The average Bonchev–Trinajstić information content (AvgIpc) is 2.99. The molecule has 0 radical (unpaired) electrons. The van der Waals surface area contributed by atoms with Crippen molar-refractivity contribution in [2.45, 2.75) is 19.5 Å². The van der Waals surface area contributed by atoms with E-state index in [1.807, 2.05) is 17.7 Å². The van der Waals surface area contributed by atoms with Crippen LogP contribution in [0.15, 0.2) is 36.9 Å². The van der Waals surface area contributed by atoms with Gasteiger partial charge < -0.3 is 19.9 Å². The summed E-state index contributed by atoms with van der Waals surface area (Å²) in [6.07, 6.45) is 5.25. The molecule has 2 amide bonds. The molecule has 0 spiro atoms. The number of carbonyl (C=O) groups is 2. The van der Waals surface area contributed by atoms with Crippen molar-refractivity contribution in [3.05, 3.63) is 42.5 Å². The van der Waals surface area contributed by atoms with Gasteiger partial charge in [-0.05, 0) is 25.1 Å². The Kier molecular flexibility index (Phi) is 3.78. The zero-order chi connectivity index (χ0) is 15.5. The molecule has 0 bridgehead atoms. The Morgan fingerprint density at radius 2 is 2.41 bits per heavy atom. The Hall–Kier alpha value is -2.83. The number of amides is 2. The normalized spacial score (nSPS) is 14.5. The number of ether oxygens (including phenoxy) is 1. The van der Waals surface area contributed by atoms with Crippen LogP contribution in [0.2, 0.25) is 0 Å². The minimum absolute atomic E-state index is 0.0326. The van der Waals surface area contributed by atoms with Crippen molar-refractivity contribution in [2.24, 2.45) is 0 Å². The van der Waals surface area contributed by atoms with E-state index >= 15 is 0 Å². The molecule has 0 aliphatic carbocycles. The molecule has 7 heteroatoms. The SMILES string of the molecule is C[C@H](Cn1ccnc1)NC(=O)c1ccc2c(c1)OCC(=O)N2. The molecule has 22 heavy (non-hydrogen) atoms. The van der Waals surface area contributed by atoms with Crippen LogP contribution >= 0.6 is 0 Å². The molecule has 2 N–H and O–H groups in total. The summed E-state index contributed by atoms with van der Waals surface area (Å²) in [5.41, 5.74) is 1.08. The summed E-state index contributed by atoms with van der Waals surface area (Å²) < 4.78 is 7.21. The predicted octanol–water partition coefficient (Wildman–Crippen LogP) is 1.03. The van der Waals surface area contributed by atoms with Crippen LogP contribution < -0.4 is 15.4 Å². The molecule has 7 nitrogen and oxygen atoms in total. The van der Waals surface area contributed by atoms with Crippen molar-refractivity contribution >= 4 is 17.5 Å². The van der Waals surface area contributed by atoms with E-state index in [1.165, 1.54) is 0 Å². The van der Waals surface area contributed by atoms with E-state index in [4.69, 9.17) is 4.74 Å². The monoisotopic (exact) mass is 300 g/mol. The van der Waals surface area contributed by atoms with E-state index in [9.17, 15) is 9.59 Å². The number of hydrogen-bond donors (Lipinski definition) is 2. The summed E-state index contributed by atoms with van der Waals surface area (Å²) in [7, 11) is 0. The molecular formula is C15H16N4O3. The fraction of sp³-hybridized carbons (Fsp3) is 0.267. The summed E-state index contributed by atoms with van der Waals surface area (Å²) >= 11 is 0. The number of nitrogens with one attached hydrogen (secondary N) is 2. The smallest absolute Gasteiger partial charge is 0.262 e. The Morgan fingerprint density at radius 1 is 1.55 bits per heavy atom. The van der Waals surface area contributed by atoms with E-state index in [2.05, 4.69) is 15.6 Å². The fourth-order valence-electron chi connectivity index (χ4n) is 2.28. The van der Waals surface area contributed by atoms with Crippen molar-refractivity contribution in [3.63, 3.8) is 0 Å². The van der Waals surface area contributed by atoms with Gasteiger partial charge in [-0.2, -0.15) is 0 Å². The second-order valence-corrected chi connectivity index (χ2v) is 5.18. The van der Waals surface area contributed by atoms with Gasteiger partial charge in [-0.15, -0.1) is 0 Å². The Morgan fingerprint density at radius 3 is 3.18 bits per heavy atom. The molecular weight excluding hydrogens is 284 g/mol. The van der Waals surface area contributed by atoms with Crippen LogP contribution in [-0.2, 0) is 11.3 Å². The van der Waals surface area contributed by atoms with Gasteiger partial charge in [0.2, 0.25) is 0 Å². The topological polar surface area (TPSA) is 85.2 Å². The molecule has 3 rings (SSSR count). The molecule has 1 atom stereocenters. The first kappa shape index (κ1) is 14.1. The maximum atomic E-state index is 12.3. The molecule has 0 fully saturated rings. The highest BCUT2D eigenvalue weighted by atomic mass is 16.5. The number of carbonyl (C=O) groups excluding carboxylic acids is 2. The summed E-state index contributed by atoms with van der Waals surface area (Å²) in [5, 5.41) is 5.61. The maximum Gasteiger partial charge on any atom is 0.262 e. The minimum Gasteiger partial charge on any atom is -0.482 e. The summed E-state index contributed by atoms with van der Waals surface area (Å²) in [6.45, 7) is 2.53. The van der Waals surface area contributed by atoms with Crippen LogP contribution in [0.25, 0.3) is 0 Å². The average molecular weight is 300 g/mol. The first-order valence-electron chi connectivity index (χ1n) is 6.95. The van der Waals surface area contributed by atoms with E-state index < -0.39 is 0 Å². The van der Waals surface area contributed by atoms with Crippen LogP contribution in [0, 0.1) is 0 Å². The van der Waals surface area contributed by atoms with Crippen molar-refractivity contribution in [3.8, 4) is 5.75 Å². The highest BCUT2D eigenvalue weighted by molar-refractivity contribution is 5.99. The van der Waals surface area contributed by atoms with Crippen LogP contribution in [0.3, 0.4) is 0 Å². The molecule has 0 unspecified atom stereocenters. The van der Waals surface area contributed by atoms with Crippen LogP contribution in [0.4, 0.5) is 5.69 Å². The van der Waals surface area contributed by atoms with Crippen molar-refractivity contribution < 1.29 is 14.3 Å². The fourth-order valence-corrected chi connectivity index (χ4v) is 2.28. The molecule has 1 aromatic carbocycles. The quantitative estimate of drug-likeness (QED) is 0.883. The summed E-state index contributed by atoms with van der Waals surface area (Å²) in [5.74, 6) is 0.129. The van der Waals surface area contributed by atoms with E-state index in [0.717, 1.165) is 0 Å². The third kappa shape index (κ3) is 3.08. The number of nitrogens with zero attached hydrogens (tertiary/aromatic N) is 2. The maximum absolute atomic E-state index is 12.3. The van der Waals surface area contributed by atoms with Crippen LogP contribution in [0.5, 0.6) is 5.75 Å². The van der Waals surface area contributed by atoms with Crippen molar-refractivity contribution in [2.75, 3.05) is 11.9 Å². The Labute approximate surface area is 127 Å². The predicted molar refractivity (Wildman–Crippen MR) is 79.7 cm³/mol. The van der Waals surface area contributed by atoms with Gasteiger partial charge in [-0.1, -0.05) is 0 Å². The van der Waals surface area contributed by atoms with Gasteiger partial charge in [0, 0.05) is 30.5 Å². The van der Waals surface area contributed by atoms with E-state index in [0.29, 0.717) is 23.5 Å². The number of hydrogen-bond acceptors (Lipinski definition) is 4. The molecule has 1 aliphatic heterocycles. The molecule has 1 aromatic heterocycles. The third-order valence-corrected chi connectivity index (χ3v) is 3.30. The first-order valence-corrected chi connectivity index (χ1v) is 6.95. The standard InChI is InChI=1S/C15H16N4O3/c1-10(7-19-5-4-16-9-19)17-15(21)11-2-3-12-13(6-11)22-8-14(20)18-12/h2-6,9-10H,7-8H2,1H3,(H,17,21)(H,18,20)/t10-/m1/s1. The second-order valence-electron chi connectivity index (χ2n) is 5.18. The number of imidazole rings is 1. The van der Waals surface area contributed by atoms with Gasteiger partial charge in [-0.25, -0.2) is 4.98 Å². The lowest BCUT2D eigenvalue weighted by Gasteiger charge is -2.19. The number of anilines is 1.